The van der Waals surface area contributed by atoms with E-state index in [2.05, 4.69) is 20.4 Å². The number of benzene rings is 2. The number of aryl methyl sites for hydroxylation is 2. The van der Waals surface area contributed by atoms with E-state index in [4.69, 9.17) is 0 Å². The highest BCUT2D eigenvalue weighted by Gasteiger charge is 2.34. The third-order valence-electron chi connectivity index (χ3n) is 6.24. The van der Waals surface area contributed by atoms with Gasteiger partial charge in [0.15, 0.2) is 0 Å². The van der Waals surface area contributed by atoms with Crippen LogP contribution in [0.5, 0.6) is 0 Å². The van der Waals surface area contributed by atoms with Crippen molar-refractivity contribution in [3.8, 4) is 0 Å². The molecule has 7 heteroatoms. The molecule has 1 unspecified atom stereocenters. The molecule has 0 bridgehead atoms. The largest absolute Gasteiger partial charge is 0.352 e. The molecule has 2 amide bonds. The third-order valence-corrected chi connectivity index (χ3v) is 6.24. The molecule has 32 heavy (non-hydrogen) atoms. The van der Waals surface area contributed by atoms with Crippen LogP contribution in [0.1, 0.15) is 35.6 Å². The number of piperazine rings is 1. The zero-order chi connectivity index (χ0) is 22.7. The van der Waals surface area contributed by atoms with Crippen LogP contribution in [0.4, 0.5) is 10.1 Å². The first-order chi connectivity index (χ1) is 15.4. The van der Waals surface area contributed by atoms with Crippen LogP contribution in [-0.2, 0) is 9.59 Å². The van der Waals surface area contributed by atoms with Crippen LogP contribution in [0.2, 0.25) is 0 Å². The predicted molar refractivity (Wildman–Crippen MR) is 123 cm³/mol. The summed E-state index contributed by atoms with van der Waals surface area (Å²) in [6.07, 6.45) is 2.04. The maximum absolute atomic E-state index is 13.4. The summed E-state index contributed by atoms with van der Waals surface area (Å²) in [5.41, 5.74) is 3.77. The summed E-state index contributed by atoms with van der Waals surface area (Å²) >= 11 is 0. The van der Waals surface area contributed by atoms with Crippen molar-refractivity contribution in [3.05, 3.63) is 65.0 Å². The van der Waals surface area contributed by atoms with Gasteiger partial charge in [-0.15, -0.1) is 0 Å². The minimum atomic E-state index is -0.443. The second kappa shape index (κ2) is 9.79. The molecule has 170 valence electrons. The molecule has 2 aromatic carbocycles. The zero-order valence-electron chi connectivity index (χ0n) is 18.7. The second-order valence-electron chi connectivity index (χ2n) is 8.86. The monoisotopic (exact) mass is 438 g/mol. The Morgan fingerprint density at radius 1 is 1.00 bits per heavy atom. The maximum Gasteiger partial charge on any atom is 0.242 e. The number of carbonyl (C=O) groups is 2. The van der Waals surface area contributed by atoms with Gasteiger partial charge in [-0.1, -0.05) is 30.3 Å². The molecule has 2 aliphatic rings. The van der Waals surface area contributed by atoms with Gasteiger partial charge in [0.05, 0.1) is 6.54 Å². The Balaban J connectivity index is 1.36. The van der Waals surface area contributed by atoms with E-state index in [9.17, 15) is 14.0 Å². The van der Waals surface area contributed by atoms with E-state index in [-0.39, 0.29) is 23.7 Å². The Kier molecular flexibility index (Phi) is 6.86. The van der Waals surface area contributed by atoms with E-state index in [0.29, 0.717) is 32.7 Å². The number of amides is 2. The minimum Gasteiger partial charge on any atom is -0.352 e. The van der Waals surface area contributed by atoms with Gasteiger partial charge in [-0.3, -0.25) is 19.4 Å². The molecule has 6 nitrogen and oxygen atoms in total. The third kappa shape index (κ3) is 5.53. The molecular weight excluding hydrogens is 407 g/mol. The first-order valence-electron chi connectivity index (χ1n) is 11.3. The van der Waals surface area contributed by atoms with Gasteiger partial charge in [0.2, 0.25) is 11.8 Å². The number of rotatable bonds is 7. The molecule has 1 aliphatic heterocycles. The number of halogens is 1. The summed E-state index contributed by atoms with van der Waals surface area (Å²) in [7, 11) is 0. The second-order valence-corrected chi connectivity index (χ2v) is 8.86. The first kappa shape index (κ1) is 22.4. The highest BCUT2D eigenvalue weighted by atomic mass is 19.1. The van der Waals surface area contributed by atoms with Gasteiger partial charge in [0.25, 0.3) is 0 Å². The zero-order valence-corrected chi connectivity index (χ0v) is 18.7. The van der Waals surface area contributed by atoms with E-state index >= 15 is 0 Å². The van der Waals surface area contributed by atoms with Crippen molar-refractivity contribution in [1.82, 2.24) is 15.1 Å². The van der Waals surface area contributed by atoms with E-state index in [1.807, 2.05) is 32.0 Å². The van der Waals surface area contributed by atoms with Crippen molar-refractivity contribution in [2.75, 3.05) is 38.0 Å². The van der Waals surface area contributed by atoms with Crippen molar-refractivity contribution < 1.29 is 14.0 Å². The topological polar surface area (TPSA) is 64.7 Å². The number of hydrogen-bond donors (Lipinski definition) is 2. The Hall–Kier alpha value is -2.77. The fourth-order valence-corrected chi connectivity index (χ4v) is 4.25. The molecule has 2 fully saturated rings. The van der Waals surface area contributed by atoms with Crippen LogP contribution in [0, 0.1) is 19.7 Å². The van der Waals surface area contributed by atoms with Gasteiger partial charge in [-0.25, -0.2) is 4.39 Å². The Morgan fingerprint density at radius 2 is 1.62 bits per heavy atom. The lowest BCUT2D eigenvalue weighted by molar-refractivity contribution is -0.128. The number of nitrogens with zero attached hydrogens (tertiary/aromatic N) is 2. The Labute approximate surface area is 188 Å². The molecule has 1 saturated heterocycles. The number of para-hydroxylation sites is 1. The summed E-state index contributed by atoms with van der Waals surface area (Å²) < 4.78 is 13.4. The van der Waals surface area contributed by atoms with Gasteiger partial charge in [-0.05, 0) is 55.5 Å². The van der Waals surface area contributed by atoms with Crippen molar-refractivity contribution in [3.63, 3.8) is 0 Å². The summed E-state index contributed by atoms with van der Waals surface area (Å²) in [4.78, 5) is 29.8. The summed E-state index contributed by atoms with van der Waals surface area (Å²) in [6.45, 7) is 7.00. The lowest BCUT2D eigenvalue weighted by Crippen LogP contribution is -2.52. The molecule has 1 atom stereocenters. The number of nitrogens with one attached hydrogen (secondary N) is 2. The van der Waals surface area contributed by atoms with Crippen molar-refractivity contribution in [1.29, 1.82) is 0 Å². The van der Waals surface area contributed by atoms with Gasteiger partial charge in [0, 0.05) is 37.9 Å². The molecule has 1 heterocycles. The normalized spacial score (nSPS) is 18.2. The highest BCUT2D eigenvalue weighted by Crippen LogP contribution is 2.26. The summed E-state index contributed by atoms with van der Waals surface area (Å²) in [6, 6.07) is 12.0. The van der Waals surface area contributed by atoms with Gasteiger partial charge >= 0.3 is 0 Å². The van der Waals surface area contributed by atoms with Gasteiger partial charge in [-0.2, -0.15) is 0 Å². The average molecular weight is 439 g/mol. The average Bonchev–Trinajstić information content (AvgIpc) is 3.58. The van der Waals surface area contributed by atoms with Crippen LogP contribution >= 0.6 is 0 Å². The van der Waals surface area contributed by atoms with Crippen molar-refractivity contribution in [2.45, 2.75) is 38.8 Å². The van der Waals surface area contributed by atoms with Gasteiger partial charge < -0.3 is 10.6 Å². The molecule has 2 N–H and O–H groups in total. The number of hydrogen-bond acceptors (Lipinski definition) is 4. The van der Waals surface area contributed by atoms with Gasteiger partial charge in [0.1, 0.15) is 11.9 Å². The molecule has 0 radical (unpaired) electrons. The quantitative estimate of drug-likeness (QED) is 0.698. The first-order valence-corrected chi connectivity index (χ1v) is 11.3. The number of anilines is 1. The fourth-order valence-electron chi connectivity index (χ4n) is 4.25. The minimum absolute atomic E-state index is 0.0275. The lowest BCUT2D eigenvalue weighted by atomic mass is 10.0. The van der Waals surface area contributed by atoms with Crippen LogP contribution in [0.3, 0.4) is 0 Å². The SMILES string of the molecule is Cc1cccc(C)c1NC(=O)CN1CCN(C(C(=O)NC2CC2)c2ccc(F)cc2)CC1. The Morgan fingerprint density at radius 3 is 2.22 bits per heavy atom. The van der Waals surface area contributed by atoms with Crippen LogP contribution in [0.25, 0.3) is 0 Å². The summed E-state index contributed by atoms with van der Waals surface area (Å²) in [5, 5.41) is 6.14. The standard InChI is InChI=1S/C25H31FN4O2/c1-17-4-3-5-18(2)23(17)28-22(31)16-29-12-14-30(15-13-29)24(25(32)27-21-10-11-21)19-6-8-20(26)9-7-19/h3-9,21,24H,10-16H2,1-2H3,(H,27,32)(H,28,31). The van der Waals surface area contributed by atoms with E-state index in [1.54, 1.807) is 12.1 Å². The van der Waals surface area contributed by atoms with Crippen molar-refractivity contribution in [2.24, 2.45) is 0 Å². The number of carbonyl (C=O) groups excluding carboxylic acids is 2. The maximum atomic E-state index is 13.4. The lowest BCUT2D eigenvalue weighted by Gasteiger charge is -2.38. The predicted octanol–water partition coefficient (Wildman–Crippen LogP) is 3.02. The Bertz CT molecular complexity index is 946. The van der Waals surface area contributed by atoms with Crippen LogP contribution in [0.15, 0.2) is 42.5 Å². The molecule has 4 rings (SSSR count). The van der Waals surface area contributed by atoms with E-state index < -0.39 is 6.04 Å². The van der Waals surface area contributed by atoms with Crippen molar-refractivity contribution >= 4 is 17.5 Å². The highest BCUT2D eigenvalue weighted by molar-refractivity contribution is 5.93. The van der Waals surface area contributed by atoms with Crippen LogP contribution < -0.4 is 10.6 Å². The smallest absolute Gasteiger partial charge is 0.242 e. The molecule has 1 saturated carbocycles. The fraction of sp³-hybridized carbons (Fsp3) is 0.440. The summed E-state index contributed by atoms with van der Waals surface area (Å²) in [5.74, 6) is -0.368. The molecular formula is C25H31FN4O2. The van der Waals surface area contributed by atoms with E-state index in [1.165, 1.54) is 12.1 Å². The molecule has 0 aromatic heterocycles. The molecule has 0 spiro atoms. The molecule has 2 aromatic rings. The van der Waals surface area contributed by atoms with Crippen LogP contribution in [-0.4, -0.2) is 60.4 Å². The molecule has 1 aliphatic carbocycles. The van der Waals surface area contributed by atoms with E-state index in [0.717, 1.165) is 35.2 Å².